The summed E-state index contributed by atoms with van der Waals surface area (Å²) < 4.78 is 34.3. The van der Waals surface area contributed by atoms with Gasteiger partial charge in [-0.15, -0.1) is 0 Å². The fraction of sp³-hybridized carbons (Fsp3) is 0.615. The Balaban J connectivity index is 4.43. The van der Waals surface area contributed by atoms with Crippen molar-refractivity contribution in [3.8, 4) is 0 Å². The van der Waals surface area contributed by atoms with Gasteiger partial charge in [-0.3, -0.25) is 18.6 Å². The number of nitrogens with zero attached hydrogens (tertiary/aromatic N) is 1. The van der Waals surface area contributed by atoms with Gasteiger partial charge in [0, 0.05) is 12.8 Å². The highest BCUT2D eigenvalue weighted by Crippen LogP contribution is 2.43. The molecule has 0 saturated carbocycles. The molecule has 1 N–H and O–H groups in total. The first-order valence-electron chi connectivity index (χ1n) is 23.6. The Kier molecular flexibility index (Phi) is 40.6. The number of carbonyl (C=O) groups excluding carboxylic acids is 2. The monoisotopic (exact) mass is 885 g/mol. The van der Waals surface area contributed by atoms with Crippen LogP contribution < -0.4 is 0 Å². The molecule has 0 amide bonds. The Labute approximate surface area is 378 Å². The zero-order valence-electron chi connectivity index (χ0n) is 39.6. The van der Waals surface area contributed by atoms with Crippen LogP contribution in [0.15, 0.2) is 109 Å². The predicted octanol–water partition coefficient (Wildman–Crippen LogP) is 13.9. The molecule has 0 aromatic carbocycles. The fourth-order valence-corrected chi connectivity index (χ4v) is 6.42. The molecule has 0 aliphatic heterocycles. The van der Waals surface area contributed by atoms with Crippen LogP contribution in [0.25, 0.3) is 0 Å². The Morgan fingerprint density at radius 3 is 1.31 bits per heavy atom. The van der Waals surface area contributed by atoms with E-state index in [2.05, 4.69) is 123 Å². The number of quaternary nitrogens is 1. The molecule has 0 saturated heterocycles. The van der Waals surface area contributed by atoms with Gasteiger partial charge >= 0.3 is 19.8 Å². The lowest BCUT2D eigenvalue weighted by Gasteiger charge is -2.24. The first-order chi connectivity index (χ1) is 30.0. The van der Waals surface area contributed by atoms with E-state index < -0.39 is 32.5 Å². The van der Waals surface area contributed by atoms with Gasteiger partial charge < -0.3 is 18.9 Å². The Morgan fingerprint density at radius 1 is 0.500 bits per heavy atom. The van der Waals surface area contributed by atoms with E-state index in [1.54, 1.807) is 0 Å². The largest absolute Gasteiger partial charge is 0.472 e. The first-order valence-corrected chi connectivity index (χ1v) is 25.1. The van der Waals surface area contributed by atoms with Gasteiger partial charge in [-0.2, -0.15) is 0 Å². The maximum atomic E-state index is 12.7. The van der Waals surface area contributed by atoms with Gasteiger partial charge in [-0.25, -0.2) is 4.57 Å². The summed E-state index contributed by atoms with van der Waals surface area (Å²) in [6, 6.07) is 0. The van der Waals surface area contributed by atoms with Crippen LogP contribution in [0.2, 0.25) is 0 Å². The third-order valence-electron chi connectivity index (χ3n) is 9.30. The second-order valence-electron chi connectivity index (χ2n) is 16.4. The number of rotatable bonds is 41. The third kappa shape index (κ3) is 46.2. The molecule has 0 heterocycles. The van der Waals surface area contributed by atoms with Crippen molar-refractivity contribution < 1.29 is 42.1 Å². The van der Waals surface area contributed by atoms with Gasteiger partial charge in [0.1, 0.15) is 19.8 Å². The Hall–Kier alpha value is -3.33. The summed E-state index contributed by atoms with van der Waals surface area (Å²) in [6.07, 6.45) is 58.5. The van der Waals surface area contributed by atoms with Gasteiger partial charge in [-0.1, -0.05) is 155 Å². The minimum absolute atomic E-state index is 0.0155. The van der Waals surface area contributed by atoms with Crippen LogP contribution in [0, 0.1) is 0 Å². The zero-order chi connectivity index (χ0) is 45.7. The summed E-state index contributed by atoms with van der Waals surface area (Å²) in [5, 5.41) is 0. The first kappa shape index (κ1) is 58.7. The number of likely N-dealkylation sites (N-methyl/N-ethyl adjacent to an activating group) is 1. The number of carbonyl (C=O) groups is 2. The van der Waals surface area contributed by atoms with E-state index in [1.807, 2.05) is 21.1 Å². The number of phosphoric acid groups is 1. The molecular weight excluding hydrogens is 798 g/mol. The van der Waals surface area contributed by atoms with Crippen LogP contribution >= 0.6 is 7.82 Å². The molecule has 0 aromatic heterocycles. The minimum Gasteiger partial charge on any atom is -0.462 e. The van der Waals surface area contributed by atoms with E-state index in [4.69, 9.17) is 18.5 Å². The number of phosphoric ester groups is 1. The van der Waals surface area contributed by atoms with Crippen LogP contribution in [0.5, 0.6) is 0 Å². The van der Waals surface area contributed by atoms with Gasteiger partial charge in [0.15, 0.2) is 6.10 Å². The molecule has 0 aromatic rings. The van der Waals surface area contributed by atoms with Crippen LogP contribution in [0.3, 0.4) is 0 Å². The van der Waals surface area contributed by atoms with Crippen molar-refractivity contribution in [3.05, 3.63) is 109 Å². The van der Waals surface area contributed by atoms with E-state index in [0.717, 1.165) is 116 Å². The highest BCUT2D eigenvalue weighted by atomic mass is 31.2. The second kappa shape index (κ2) is 42.9. The summed E-state index contributed by atoms with van der Waals surface area (Å²) in [6.45, 7) is 4.11. The van der Waals surface area contributed by atoms with Gasteiger partial charge in [0.25, 0.3) is 0 Å². The molecule has 0 aliphatic rings. The molecule has 9 nitrogen and oxygen atoms in total. The Morgan fingerprint density at radius 2 is 0.871 bits per heavy atom. The quantitative estimate of drug-likeness (QED) is 0.0213. The SMILES string of the molecule is CC/C=C\C/C=C\C/C=C\C/C=C\C/C=C\CCCCCC(=O)OC(COC(=O)CCCCCCCC/C=C\C/C=C\C/C=C\C/C=C\CC)COP(=O)(O)OCC[N+](C)(C)C. The van der Waals surface area contributed by atoms with Crippen LogP contribution in [0.1, 0.15) is 155 Å². The molecule has 0 bridgehead atoms. The van der Waals surface area contributed by atoms with Crippen LogP contribution in [0.4, 0.5) is 0 Å². The smallest absolute Gasteiger partial charge is 0.462 e. The van der Waals surface area contributed by atoms with E-state index in [1.165, 1.54) is 0 Å². The fourth-order valence-electron chi connectivity index (χ4n) is 5.68. The number of esters is 2. The average Bonchev–Trinajstić information content (AvgIpc) is 3.23. The van der Waals surface area contributed by atoms with Crippen molar-refractivity contribution in [2.24, 2.45) is 0 Å². The molecule has 0 spiro atoms. The van der Waals surface area contributed by atoms with Gasteiger partial charge in [0.05, 0.1) is 27.7 Å². The van der Waals surface area contributed by atoms with Crippen LogP contribution in [-0.2, 0) is 32.7 Å². The summed E-state index contributed by atoms with van der Waals surface area (Å²) in [4.78, 5) is 35.5. The number of hydrogen-bond acceptors (Lipinski definition) is 7. The van der Waals surface area contributed by atoms with E-state index in [9.17, 15) is 19.0 Å². The van der Waals surface area contributed by atoms with Crippen molar-refractivity contribution in [1.29, 1.82) is 0 Å². The lowest BCUT2D eigenvalue weighted by molar-refractivity contribution is -0.870. The molecule has 0 radical (unpaired) electrons. The lowest BCUT2D eigenvalue weighted by Crippen LogP contribution is -2.37. The normalized spacial score (nSPS) is 14.5. The second-order valence-corrected chi connectivity index (χ2v) is 17.8. The number of unbranched alkanes of at least 4 members (excludes halogenated alkanes) is 9. The number of allylic oxidation sites excluding steroid dienone is 18. The van der Waals surface area contributed by atoms with Crippen molar-refractivity contribution >= 4 is 19.8 Å². The van der Waals surface area contributed by atoms with Crippen molar-refractivity contribution in [2.75, 3.05) is 47.5 Å². The Bertz CT molecular complexity index is 1420. The zero-order valence-corrected chi connectivity index (χ0v) is 40.4. The molecule has 0 fully saturated rings. The van der Waals surface area contributed by atoms with E-state index in [-0.39, 0.29) is 26.1 Å². The summed E-state index contributed by atoms with van der Waals surface area (Å²) in [5.41, 5.74) is 0. The van der Waals surface area contributed by atoms with E-state index >= 15 is 0 Å². The molecular formula is C52H87NO8P+. The minimum atomic E-state index is -4.40. The third-order valence-corrected chi connectivity index (χ3v) is 10.3. The topological polar surface area (TPSA) is 108 Å². The van der Waals surface area contributed by atoms with Crippen molar-refractivity contribution in [3.63, 3.8) is 0 Å². The molecule has 352 valence electrons. The van der Waals surface area contributed by atoms with Crippen molar-refractivity contribution in [1.82, 2.24) is 0 Å². The molecule has 0 rings (SSSR count). The van der Waals surface area contributed by atoms with Crippen molar-refractivity contribution in [2.45, 2.75) is 161 Å². The summed E-state index contributed by atoms with van der Waals surface area (Å²) in [5.74, 6) is -0.864. The summed E-state index contributed by atoms with van der Waals surface area (Å²) in [7, 11) is 1.42. The van der Waals surface area contributed by atoms with E-state index in [0.29, 0.717) is 23.9 Å². The summed E-state index contributed by atoms with van der Waals surface area (Å²) >= 11 is 0. The standard InChI is InChI=1S/C52H86NO8P/c1-6-8-10-12-14-16-18-20-22-24-26-28-30-32-34-36-38-40-42-44-51(54)58-48-50(49-60-62(56,57)59-47-46-53(3,4)5)61-52(55)45-43-41-39-37-35-33-31-29-27-25-23-21-19-17-15-13-11-9-7-2/h8-11,14-17,20-23,26-29,33,35,50H,6-7,12-13,18-19,24-25,30-32,34,36-49H2,1-5H3/p+1/b10-8-,11-9-,16-14-,17-15-,22-20-,23-21-,28-26-,29-27-,35-33-. The molecule has 10 heteroatoms. The highest BCUT2D eigenvalue weighted by Gasteiger charge is 2.27. The van der Waals surface area contributed by atoms with Crippen LogP contribution in [-0.4, -0.2) is 74.9 Å². The molecule has 2 atom stereocenters. The highest BCUT2D eigenvalue weighted by molar-refractivity contribution is 7.47. The predicted molar refractivity (Wildman–Crippen MR) is 261 cm³/mol. The average molecular weight is 885 g/mol. The van der Waals surface area contributed by atoms with Gasteiger partial charge in [0.2, 0.25) is 0 Å². The number of hydrogen-bond donors (Lipinski definition) is 1. The number of ether oxygens (including phenoxy) is 2. The lowest BCUT2D eigenvalue weighted by atomic mass is 10.1. The molecule has 0 aliphatic carbocycles. The molecule has 2 unspecified atom stereocenters. The maximum Gasteiger partial charge on any atom is 0.472 e. The molecule has 62 heavy (non-hydrogen) atoms. The maximum absolute atomic E-state index is 12.7. The van der Waals surface area contributed by atoms with Gasteiger partial charge in [-0.05, 0) is 96.3 Å².